The highest BCUT2D eigenvalue weighted by molar-refractivity contribution is 6.08. The number of nitrogens with one attached hydrogen (secondary N) is 2. The van der Waals surface area contributed by atoms with Gasteiger partial charge in [-0.1, -0.05) is 18.2 Å². The lowest BCUT2D eigenvalue weighted by atomic mass is 10.1. The highest BCUT2D eigenvalue weighted by Crippen LogP contribution is 2.31. The van der Waals surface area contributed by atoms with Crippen molar-refractivity contribution in [2.24, 2.45) is 7.05 Å². The Morgan fingerprint density at radius 3 is 2.25 bits per heavy atom. The van der Waals surface area contributed by atoms with E-state index < -0.39 is 23.6 Å². The summed E-state index contributed by atoms with van der Waals surface area (Å²) in [5.74, 6) is -0.726. The number of benzene rings is 3. The third-order valence-corrected chi connectivity index (χ3v) is 5.31. The summed E-state index contributed by atoms with van der Waals surface area (Å²) in [5, 5.41) is 9.31. The molecule has 0 fully saturated rings. The minimum atomic E-state index is -4.53. The van der Waals surface area contributed by atoms with Gasteiger partial charge in [0.15, 0.2) is 0 Å². The maximum absolute atomic E-state index is 12.9. The van der Waals surface area contributed by atoms with Crippen molar-refractivity contribution in [1.29, 1.82) is 0 Å². The molecule has 0 bridgehead atoms. The standard InChI is InChI=1S/C26H21F3N4O3/c1-33-15-18(14-30-33)16-9-10-22(23(12-16)36-2)25(35)32-20-7-3-5-17(11-20)24(34)31-21-8-4-6-19(13-21)26(27,28)29/h3-15H,1-2H3,(H,31,34)(H,32,35). The predicted octanol–water partition coefficient (Wildman–Crippen LogP) is 5.62. The molecule has 2 N–H and O–H groups in total. The first-order valence-electron chi connectivity index (χ1n) is 10.7. The number of rotatable bonds is 6. The van der Waals surface area contributed by atoms with E-state index in [-0.39, 0.29) is 16.8 Å². The molecule has 2 amide bonds. The molecule has 7 nitrogen and oxygen atoms in total. The molecular formula is C26H21F3N4O3. The Kier molecular flexibility index (Phi) is 6.77. The van der Waals surface area contributed by atoms with Crippen LogP contribution in [0.25, 0.3) is 11.1 Å². The summed E-state index contributed by atoms with van der Waals surface area (Å²) in [6.45, 7) is 0. The molecule has 0 aliphatic rings. The largest absolute Gasteiger partial charge is 0.496 e. The molecule has 3 aromatic carbocycles. The summed E-state index contributed by atoms with van der Waals surface area (Å²) in [6, 6.07) is 15.5. The Labute approximate surface area is 204 Å². The first kappa shape index (κ1) is 24.5. The van der Waals surface area contributed by atoms with Crippen LogP contribution in [-0.4, -0.2) is 28.7 Å². The van der Waals surface area contributed by atoms with E-state index in [1.807, 2.05) is 6.20 Å². The van der Waals surface area contributed by atoms with Crippen LogP contribution in [-0.2, 0) is 13.2 Å². The van der Waals surface area contributed by atoms with E-state index >= 15 is 0 Å². The van der Waals surface area contributed by atoms with E-state index in [1.54, 1.807) is 48.3 Å². The summed E-state index contributed by atoms with van der Waals surface area (Å²) < 4.78 is 45.9. The number of amides is 2. The summed E-state index contributed by atoms with van der Waals surface area (Å²) in [7, 11) is 3.26. The number of halogens is 3. The summed E-state index contributed by atoms with van der Waals surface area (Å²) in [6.07, 6.45) is -0.989. The van der Waals surface area contributed by atoms with Gasteiger partial charge in [-0.2, -0.15) is 18.3 Å². The van der Waals surface area contributed by atoms with E-state index in [4.69, 9.17) is 4.74 Å². The van der Waals surface area contributed by atoms with Crippen LogP contribution in [0.2, 0.25) is 0 Å². The lowest BCUT2D eigenvalue weighted by Gasteiger charge is -2.12. The van der Waals surface area contributed by atoms with Crippen LogP contribution < -0.4 is 15.4 Å². The van der Waals surface area contributed by atoms with Crippen LogP contribution in [0.4, 0.5) is 24.5 Å². The number of carbonyl (C=O) groups is 2. The fourth-order valence-electron chi connectivity index (χ4n) is 3.54. The van der Waals surface area contributed by atoms with Gasteiger partial charge in [0.1, 0.15) is 5.75 Å². The molecule has 184 valence electrons. The number of anilines is 2. The van der Waals surface area contributed by atoms with Gasteiger partial charge in [0.25, 0.3) is 11.8 Å². The second-order valence-corrected chi connectivity index (χ2v) is 7.89. The minimum Gasteiger partial charge on any atom is -0.496 e. The van der Waals surface area contributed by atoms with Gasteiger partial charge in [-0.3, -0.25) is 14.3 Å². The zero-order valence-electron chi connectivity index (χ0n) is 19.3. The summed E-state index contributed by atoms with van der Waals surface area (Å²) in [4.78, 5) is 25.6. The highest BCUT2D eigenvalue weighted by atomic mass is 19.4. The zero-order chi connectivity index (χ0) is 25.9. The minimum absolute atomic E-state index is 0.00251. The number of hydrogen-bond donors (Lipinski definition) is 2. The van der Waals surface area contributed by atoms with Crippen molar-refractivity contribution in [2.45, 2.75) is 6.18 Å². The summed E-state index contributed by atoms with van der Waals surface area (Å²) in [5.41, 5.74) is 1.59. The normalized spacial score (nSPS) is 11.1. The van der Waals surface area contributed by atoms with Gasteiger partial charge in [-0.15, -0.1) is 0 Å². The molecule has 10 heteroatoms. The molecule has 4 aromatic rings. The third-order valence-electron chi connectivity index (χ3n) is 5.31. The third kappa shape index (κ3) is 5.54. The van der Waals surface area contributed by atoms with E-state index in [2.05, 4.69) is 15.7 Å². The van der Waals surface area contributed by atoms with Gasteiger partial charge >= 0.3 is 6.18 Å². The molecule has 0 radical (unpaired) electrons. The van der Waals surface area contributed by atoms with Crippen molar-refractivity contribution < 1.29 is 27.5 Å². The Hall–Kier alpha value is -4.60. The van der Waals surface area contributed by atoms with Crippen molar-refractivity contribution in [3.05, 3.63) is 95.8 Å². The first-order valence-corrected chi connectivity index (χ1v) is 10.7. The van der Waals surface area contributed by atoms with Crippen LogP contribution >= 0.6 is 0 Å². The average molecular weight is 494 g/mol. The number of hydrogen-bond acceptors (Lipinski definition) is 4. The van der Waals surface area contributed by atoms with Gasteiger partial charge in [-0.05, 0) is 54.1 Å². The number of ether oxygens (including phenoxy) is 1. The molecule has 0 aliphatic heterocycles. The lowest BCUT2D eigenvalue weighted by molar-refractivity contribution is -0.137. The zero-order valence-corrected chi connectivity index (χ0v) is 19.3. The molecule has 1 heterocycles. The first-order chi connectivity index (χ1) is 17.1. The SMILES string of the molecule is COc1cc(-c2cnn(C)c2)ccc1C(=O)Nc1cccc(C(=O)Nc2cccc(C(F)(F)F)c2)c1. The van der Waals surface area contributed by atoms with Crippen molar-refractivity contribution in [1.82, 2.24) is 9.78 Å². The Bertz CT molecular complexity index is 1430. The monoisotopic (exact) mass is 494 g/mol. The topological polar surface area (TPSA) is 85.2 Å². The van der Waals surface area contributed by atoms with Gasteiger partial charge in [0, 0.05) is 35.7 Å². The molecule has 0 saturated heterocycles. The molecular weight excluding hydrogens is 473 g/mol. The smallest absolute Gasteiger partial charge is 0.416 e. The molecule has 36 heavy (non-hydrogen) atoms. The molecule has 4 rings (SSSR count). The van der Waals surface area contributed by atoms with Crippen LogP contribution in [0.5, 0.6) is 5.75 Å². The number of nitrogens with zero attached hydrogens (tertiary/aromatic N) is 2. The van der Waals surface area contributed by atoms with Crippen molar-refractivity contribution in [2.75, 3.05) is 17.7 Å². The van der Waals surface area contributed by atoms with Crippen LogP contribution in [0.3, 0.4) is 0 Å². The molecule has 0 saturated carbocycles. The number of aryl methyl sites for hydroxylation is 1. The number of carbonyl (C=O) groups excluding carboxylic acids is 2. The number of alkyl halides is 3. The van der Waals surface area contributed by atoms with E-state index in [0.29, 0.717) is 11.4 Å². The molecule has 1 aromatic heterocycles. The Balaban J connectivity index is 1.50. The molecule has 0 spiro atoms. The average Bonchev–Trinajstić information content (AvgIpc) is 3.29. The van der Waals surface area contributed by atoms with E-state index in [1.165, 1.54) is 31.4 Å². The van der Waals surface area contributed by atoms with Gasteiger partial charge in [0.05, 0.1) is 24.4 Å². The predicted molar refractivity (Wildman–Crippen MR) is 129 cm³/mol. The second-order valence-electron chi connectivity index (χ2n) is 7.89. The van der Waals surface area contributed by atoms with Crippen molar-refractivity contribution in [3.63, 3.8) is 0 Å². The van der Waals surface area contributed by atoms with Crippen molar-refractivity contribution in [3.8, 4) is 16.9 Å². The number of aromatic nitrogens is 2. The Morgan fingerprint density at radius 1 is 0.889 bits per heavy atom. The molecule has 0 unspecified atom stereocenters. The second kappa shape index (κ2) is 9.95. The van der Waals surface area contributed by atoms with E-state index in [0.717, 1.165) is 23.3 Å². The van der Waals surface area contributed by atoms with Crippen LogP contribution in [0.15, 0.2) is 79.1 Å². The van der Waals surface area contributed by atoms with Crippen LogP contribution in [0.1, 0.15) is 26.3 Å². The fourth-order valence-corrected chi connectivity index (χ4v) is 3.54. The number of methoxy groups -OCH3 is 1. The van der Waals surface area contributed by atoms with Gasteiger partial charge < -0.3 is 15.4 Å². The van der Waals surface area contributed by atoms with Gasteiger partial charge in [0.2, 0.25) is 0 Å². The highest BCUT2D eigenvalue weighted by Gasteiger charge is 2.30. The van der Waals surface area contributed by atoms with Crippen molar-refractivity contribution >= 4 is 23.2 Å². The van der Waals surface area contributed by atoms with E-state index in [9.17, 15) is 22.8 Å². The maximum atomic E-state index is 12.9. The van der Waals surface area contributed by atoms with Crippen LogP contribution in [0, 0.1) is 0 Å². The lowest BCUT2D eigenvalue weighted by Crippen LogP contribution is -2.15. The Morgan fingerprint density at radius 2 is 1.58 bits per heavy atom. The summed E-state index contributed by atoms with van der Waals surface area (Å²) >= 11 is 0. The fraction of sp³-hybridized carbons (Fsp3) is 0.115. The van der Waals surface area contributed by atoms with Gasteiger partial charge in [-0.25, -0.2) is 0 Å². The molecule has 0 atom stereocenters. The molecule has 0 aliphatic carbocycles. The quantitative estimate of drug-likeness (QED) is 0.364. The maximum Gasteiger partial charge on any atom is 0.416 e.